The molecule has 0 aromatic carbocycles. The second kappa shape index (κ2) is 7.74. The van der Waals surface area contributed by atoms with Gasteiger partial charge in [-0.05, 0) is 37.7 Å². The van der Waals surface area contributed by atoms with Gasteiger partial charge in [0.15, 0.2) is 0 Å². The molecule has 2 aliphatic heterocycles. The quantitative estimate of drug-likeness (QED) is 0.826. The lowest BCUT2D eigenvalue weighted by atomic mass is 9.94. The van der Waals surface area contributed by atoms with Crippen molar-refractivity contribution in [3.05, 3.63) is 18.0 Å². The number of hydrogen-bond donors (Lipinski definition) is 2. The molecule has 1 atom stereocenters. The molecule has 1 aromatic heterocycles. The maximum absolute atomic E-state index is 12.4. The standard InChI is InChI=1S/C16H27N5O3S/c1-25(23,24)21-8-2-3-13(12-21)11-17-16(22)20-9-5-14(6-10-20)15-4-7-18-19-15/h4,7,13-14H,2-3,5-6,8-12H2,1H3,(H,17,22)(H,18,19). The summed E-state index contributed by atoms with van der Waals surface area (Å²) in [6.45, 7) is 3.09. The third-order valence-corrected chi connectivity index (χ3v) is 6.51. The summed E-state index contributed by atoms with van der Waals surface area (Å²) in [5, 5.41) is 9.99. The summed E-state index contributed by atoms with van der Waals surface area (Å²) in [5.41, 5.74) is 1.14. The van der Waals surface area contributed by atoms with Crippen LogP contribution in [0.25, 0.3) is 0 Å². The molecule has 9 heteroatoms. The number of hydrogen-bond acceptors (Lipinski definition) is 4. The molecular formula is C16H27N5O3S. The summed E-state index contributed by atoms with van der Waals surface area (Å²) in [6.07, 6.45) is 6.68. The van der Waals surface area contributed by atoms with Gasteiger partial charge in [-0.25, -0.2) is 17.5 Å². The van der Waals surface area contributed by atoms with Gasteiger partial charge in [0.05, 0.1) is 6.26 Å². The highest BCUT2D eigenvalue weighted by atomic mass is 32.2. The van der Waals surface area contributed by atoms with Crippen LogP contribution in [-0.2, 0) is 10.0 Å². The van der Waals surface area contributed by atoms with Crippen LogP contribution in [0.2, 0.25) is 0 Å². The van der Waals surface area contributed by atoms with Gasteiger partial charge in [0.2, 0.25) is 10.0 Å². The van der Waals surface area contributed by atoms with Crippen LogP contribution in [0.3, 0.4) is 0 Å². The lowest BCUT2D eigenvalue weighted by Gasteiger charge is -2.33. The SMILES string of the molecule is CS(=O)(=O)N1CCCC(CNC(=O)N2CCC(c3ccn[nH]3)CC2)C1. The second-order valence-electron chi connectivity index (χ2n) is 7.09. The first-order valence-corrected chi connectivity index (χ1v) is 10.8. The van der Waals surface area contributed by atoms with Crippen molar-refractivity contribution in [1.82, 2.24) is 24.7 Å². The monoisotopic (exact) mass is 369 g/mol. The molecule has 0 saturated carbocycles. The van der Waals surface area contributed by atoms with Gasteiger partial charge in [-0.1, -0.05) is 0 Å². The van der Waals surface area contributed by atoms with Gasteiger partial charge in [-0.3, -0.25) is 5.10 Å². The third-order valence-electron chi connectivity index (χ3n) is 5.24. The minimum Gasteiger partial charge on any atom is -0.338 e. The Bertz CT molecular complexity index is 668. The first-order valence-electron chi connectivity index (χ1n) is 8.90. The maximum Gasteiger partial charge on any atom is 0.317 e. The van der Waals surface area contributed by atoms with E-state index in [1.165, 1.54) is 10.6 Å². The Morgan fingerprint density at radius 3 is 2.72 bits per heavy atom. The van der Waals surface area contributed by atoms with Crippen molar-refractivity contribution in [2.24, 2.45) is 5.92 Å². The summed E-state index contributed by atoms with van der Waals surface area (Å²) >= 11 is 0. The number of H-pyrrole nitrogens is 1. The summed E-state index contributed by atoms with van der Waals surface area (Å²) in [4.78, 5) is 14.2. The van der Waals surface area contributed by atoms with Crippen LogP contribution in [0.15, 0.2) is 12.3 Å². The van der Waals surface area contributed by atoms with Crippen LogP contribution in [-0.4, -0.2) is 72.8 Å². The number of likely N-dealkylation sites (tertiary alicyclic amines) is 1. The second-order valence-corrected chi connectivity index (χ2v) is 9.07. The number of sulfonamides is 1. The van der Waals surface area contributed by atoms with Gasteiger partial charge in [-0.15, -0.1) is 0 Å². The Kier molecular flexibility index (Phi) is 5.63. The van der Waals surface area contributed by atoms with Gasteiger partial charge in [-0.2, -0.15) is 5.10 Å². The van der Waals surface area contributed by atoms with E-state index in [1.807, 2.05) is 11.0 Å². The van der Waals surface area contributed by atoms with E-state index in [4.69, 9.17) is 0 Å². The van der Waals surface area contributed by atoms with Crippen LogP contribution in [0, 0.1) is 5.92 Å². The molecule has 8 nitrogen and oxygen atoms in total. The van der Waals surface area contributed by atoms with Gasteiger partial charge in [0.1, 0.15) is 0 Å². The molecule has 0 bridgehead atoms. The average molecular weight is 369 g/mol. The Morgan fingerprint density at radius 1 is 1.32 bits per heavy atom. The molecule has 2 N–H and O–H groups in total. The summed E-state index contributed by atoms with van der Waals surface area (Å²) in [7, 11) is -3.14. The zero-order chi connectivity index (χ0) is 17.9. The number of piperidine rings is 2. The van der Waals surface area contributed by atoms with E-state index >= 15 is 0 Å². The van der Waals surface area contributed by atoms with Crippen molar-refractivity contribution in [3.8, 4) is 0 Å². The highest BCUT2D eigenvalue weighted by molar-refractivity contribution is 7.88. The molecule has 25 heavy (non-hydrogen) atoms. The minimum atomic E-state index is -3.14. The zero-order valence-electron chi connectivity index (χ0n) is 14.6. The minimum absolute atomic E-state index is 0.0421. The van der Waals surface area contributed by atoms with Crippen LogP contribution < -0.4 is 5.32 Å². The Morgan fingerprint density at radius 2 is 2.08 bits per heavy atom. The summed E-state index contributed by atoms with van der Waals surface area (Å²) < 4.78 is 24.9. The smallest absolute Gasteiger partial charge is 0.317 e. The van der Waals surface area contributed by atoms with Gasteiger partial charge in [0.25, 0.3) is 0 Å². The zero-order valence-corrected chi connectivity index (χ0v) is 15.5. The van der Waals surface area contributed by atoms with Gasteiger partial charge < -0.3 is 10.2 Å². The highest BCUT2D eigenvalue weighted by Crippen LogP contribution is 2.26. The number of aromatic nitrogens is 2. The Balaban J connectivity index is 1.42. The van der Waals surface area contributed by atoms with E-state index in [2.05, 4.69) is 15.5 Å². The highest BCUT2D eigenvalue weighted by Gasteiger charge is 2.28. The lowest BCUT2D eigenvalue weighted by molar-refractivity contribution is 0.176. The normalized spacial score (nSPS) is 23.6. The average Bonchev–Trinajstić information content (AvgIpc) is 3.14. The predicted octanol–water partition coefficient (Wildman–Crippen LogP) is 0.970. The van der Waals surface area contributed by atoms with E-state index in [1.54, 1.807) is 6.20 Å². The third kappa shape index (κ3) is 4.72. The number of carbonyl (C=O) groups is 1. The topological polar surface area (TPSA) is 98.4 Å². The molecule has 1 unspecified atom stereocenters. The number of amides is 2. The van der Waals surface area contributed by atoms with Crippen molar-refractivity contribution in [2.75, 3.05) is 39.0 Å². The molecule has 3 heterocycles. The molecule has 140 valence electrons. The molecule has 2 saturated heterocycles. The van der Waals surface area contributed by atoms with Crippen LogP contribution in [0.5, 0.6) is 0 Å². The first kappa shape index (κ1) is 18.2. The predicted molar refractivity (Wildman–Crippen MR) is 94.7 cm³/mol. The maximum atomic E-state index is 12.4. The molecule has 1 aromatic rings. The van der Waals surface area contributed by atoms with Crippen molar-refractivity contribution >= 4 is 16.1 Å². The fourth-order valence-electron chi connectivity index (χ4n) is 3.73. The number of rotatable bonds is 4. The van der Waals surface area contributed by atoms with Crippen molar-refractivity contribution < 1.29 is 13.2 Å². The largest absolute Gasteiger partial charge is 0.338 e. The van der Waals surface area contributed by atoms with Gasteiger partial charge in [0, 0.05) is 50.5 Å². The van der Waals surface area contributed by atoms with Crippen LogP contribution in [0.4, 0.5) is 4.79 Å². The summed E-state index contributed by atoms with van der Waals surface area (Å²) in [6, 6.07) is 1.95. The number of nitrogens with one attached hydrogen (secondary N) is 2. The molecule has 2 aliphatic rings. The van der Waals surface area contributed by atoms with E-state index in [-0.39, 0.29) is 11.9 Å². The van der Waals surface area contributed by atoms with E-state index in [0.29, 0.717) is 25.6 Å². The molecule has 0 aliphatic carbocycles. The molecule has 3 rings (SSSR count). The first-order chi connectivity index (χ1) is 11.9. The van der Waals surface area contributed by atoms with Crippen molar-refractivity contribution in [2.45, 2.75) is 31.6 Å². The van der Waals surface area contributed by atoms with Crippen LogP contribution in [0.1, 0.15) is 37.3 Å². The lowest BCUT2D eigenvalue weighted by Crippen LogP contribution is -2.48. The van der Waals surface area contributed by atoms with Crippen molar-refractivity contribution in [3.63, 3.8) is 0 Å². The Hall–Kier alpha value is -1.61. The van der Waals surface area contributed by atoms with Gasteiger partial charge >= 0.3 is 6.03 Å². The molecule has 0 spiro atoms. The van der Waals surface area contributed by atoms with E-state index < -0.39 is 10.0 Å². The van der Waals surface area contributed by atoms with E-state index in [0.717, 1.165) is 44.5 Å². The molecular weight excluding hydrogens is 342 g/mol. The number of urea groups is 1. The van der Waals surface area contributed by atoms with E-state index in [9.17, 15) is 13.2 Å². The molecule has 0 radical (unpaired) electrons. The molecule has 2 fully saturated rings. The number of nitrogens with zero attached hydrogens (tertiary/aromatic N) is 3. The van der Waals surface area contributed by atoms with Crippen LogP contribution >= 0.6 is 0 Å². The molecule has 2 amide bonds. The van der Waals surface area contributed by atoms with Crippen molar-refractivity contribution in [1.29, 1.82) is 0 Å². The fraction of sp³-hybridized carbons (Fsp3) is 0.750. The Labute approximate surface area is 149 Å². The summed E-state index contributed by atoms with van der Waals surface area (Å²) in [5.74, 6) is 0.628. The number of carbonyl (C=O) groups excluding carboxylic acids is 1. The fourth-order valence-corrected chi connectivity index (χ4v) is 4.67. The number of aromatic amines is 1.